The van der Waals surface area contributed by atoms with Gasteiger partial charge < -0.3 is 50.5 Å². The Morgan fingerprint density at radius 1 is 1.00 bits per heavy atom. The molecule has 2 aliphatic heterocycles. The van der Waals surface area contributed by atoms with Crippen LogP contribution >= 0.6 is 15.6 Å². The van der Waals surface area contributed by atoms with E-state index in [1.807, 2.05) is 4.98 Å². The lowest BCUT2D eigenvalue weighted by molar-refractivity contribution is -0.251. The monoisotopic (exact) mass is 565 g/mol. The molecule has 0 spiro atoms. The number of aliphatic hydroxyl groups is 5. The molecule has 2 saturated heterocycles. The second kappa shape index (κ2) is 11.2. The average molecular weight is 565 g/mol. The summed E-state index contributed by atoms with van der Waals surface area (Å²) in [5, 5.41) is 49.2. The molecule has 2 aliphatic rings. The summed E-state index contributed by atoms with van der Waals surface area (Å²) in [5.41, 5.74) is 3.80. The van der Waals surface area contributed by atoms with Crippen LogP contribution in [-0.2, 0) is 32.0 Å². The van der Waals surface area contributed by atoms with Crippen molar-refractivity contribution < 1.29 is 67.3 Å². The highest BCUT2D eigenvalue weighted by atomic mass is 31.3. The maximum absolute atomic E-state index is 12.2. The number of H-pyrrole nitrogens is 1. The lowest BCUT2D eigenvalue weighted by Crippen LogP contribution is -2.62. The first-order valence-electron chi connectivity index (χ1n) is 10.1. The van der Waals surface area contributed by atoms with E-state index in [9.17, 15) is 54.0 Å². The first kappa shape index (κ1) is 29.2. The van der Waals surface area contributed by atoms with Gasteiger partial charge >= 0.3 is 21.3 Å². The van der Waals surface area contributed by atoms with Crippen LogP contribution in [0.2, 0.25) is 0 Å². The zero-order valence-electron chi connectivity index (χ0n) is 18.0. The van der Waals surface area contributed by atoms with Gasteiger partial charge in [-0.1, -0.05) is 0 Å². The van der Waals surface area contributed by atoms with Gasteiger partial charge in [-0.15, -0.1) is 0 Å². The molecular formula is C15H25N3O16P2. The number of hydrogen-bond donors (Lipinski definition) is 9. The van der Waals surface area contributed by atoms with E-state index >= 15 is 0 Å². The summed E-state index contributed by atoms with van der Waals surface area (Å²) in [5.74, 6) is 0. The fourth-order valence-electron chi connectivity index (χ4n) is 3.40. The van der Waals surface area contributed by atoms with Crippen LogP contribution in [-0.4, -0.2) is 107 Å². The van der Waals surface area contributed by atoms with E-state index < -0.39 is 95.3 Å². The van der Waals surface area contributed by atoms with Crippen LogP contribution in [0, 0.1) is 0 Å². The molecule has 10 N–H and O–H groups in total. The Morgan fingerprint density at radius 3 is 2.28 bits per heavy atom. The summed E-state index contributed by atoms with van der Waals surface area (Å²) in [7, 11) is -11.0. The minimum absolute atomic E-state index is 0.733. The van der Waals surface area contributed by atoms with Gasteiger partial charge in [0, 0.05) is 12.3 Å². The second-order valence-electron chi connectivity index (χ2n) is 7.77. The van der Waals surface area contributed by atoms with Crippen molar-refractivity contribution >= 4 is 15.6 Å². The highest BCUT2D eigenvalue weighted by Crippen LogP contribution is 2.61. The molecule has 2 fully saturated rings. The second-order valence-corrected chi connectivity index (χ2v) is 10.8. The Balaban J connectivity index is 1.61. The molecule has 0 bridgehead atoms. The lowest BCUT2D eigenvalue weighted by Gasteiger charge is -2.40. The van der Waals surface area contributed by atoms with Crippen LogP contribution in [0.5, 0.6) is 0 Å². The molecule has 3 heterocycles. The Labute approximate surface area is 200 Å². The summed E-state index contributed by atoms with van der Waals surface area (Å²) >= 11 is 0. The van der Waals surface area contributed by atoms with Gasteiger partial charge in [0.1, 0.15) is 36.6 Å². The lowest BCUT2D eigenvalue weighted by atomic mass is 9.97. The molecule has 11 atom stereocenters. The van der Waals surface area contributed by atoms with Gasteiger partial charge in [-0.2, -0.15) is 4.31 Å². The van der Waals surface area contributed by atoms with Crippen molar-refractivity contribution in [2.45, 2.75) is 55.2 Å². The van der Waals surface area contributed by atoms with Gasteiger partial charge in [0.25, 0.3) is 5.56 Å². The van der Waals surface area contributed by atoms with Crippen molar-refractivity contribution in [3.8, 4) is 0 Å². The van der Waals surface area contributed by atoms with E-state index in [1.54, 1.807) is 0 Å². The summed E-state index contributed by atoms with van der Waals surface area (Å²) < 4.78 is 48.4. The van der Waals surface area contributed by atoms with E-state index in [1.165, 1.54) is 0 Å². The number of ether oxygens (including phenoxy) is 2. The number of aromatic amines is 1. The van der Waals surface area contributed by atoms with E-state index in [0.717, 1.165) is 16.8 Å². The van der Waals surface area contributed by atoms with Crippen molar-refractivity contribution in [2.75, 3.05) is 13.2 Å². The molecule has 0 amide bonds. The largest absolute Gasteiger partial charge is 0.483 e. The van der Waals surface area contributed by atoms with Crippen molar-refractivity contribution in [3.63, 3.8) is 0 Å². The molecule has 36 heavy (non-hydrogen) atoms. The van der Waals surface area contributed by atoms with Crippen LogP contribution in [0.4, 0.5) is 0 Å². The number of rotatable bonds is 9. The minimum atomic E-state index is -5.54. The van der Waals surface area contributed by atoms with Crippen molar-refractivity contribution in [3.05, 3.63) is 33.1 Å². The third kappa shape index (κ3) is 6.54. The molecule has 0 radical (unpaired) electrons. The minimum Gasteiger partial charge on any atom is -0.394 e. The van der Waals surface area contributed by atoms with Crippen LogP contribution < -0.4 is 17.0 Å². The van der Waals surface area contributed by atoms with Crippen molar-refractivity contribution in [2.24, 2.45) is 5.73 Å². The Morgan fingerprint density at radius 2 is 1.67 bits per heavy atom. The molecule has 11 unspecified atom stereocenters. The summed E-state index contributed by atoms with van der Waals surface area (Å²) in [6, 6.07) is -0.556. The smallest absolute Gasteiger partial charge is 0.394 e. The first-order valence-corrected chi connectivity index (χ1v) is 13.1. The Bertz CT molecular complexity index is 1130. The summed E-state index contributed by atoms with van der Waals surface area (Å²) in [6.45, 7) is -1.83. The zero-order chi connectivity index (χ0) is 27.0. The number of hydrogen-bond acceptors (Lipinski definition) is 15. The maximum Gasteiger partial charge on any atom is 0.483 e. The highest BCUT2D eigenvalue weighted by molar-refractivity contribution is 7.61. The number of phosphoric acid groups is 2. The van der Waals surface area contributed by atoms with Crippen LogP contribution in [0.25, 0.3) is 0 Å². The third-order valence-electron chi connectivity index (χ3n) is 5.25. The first-order chi connectivity index (χ1) is 16.7. The fraction of sp³-hybridized carbons (Fsp3) is 0.733. The summed E-state index contributed by atoms with van der Waals surface area (Å²) in [4.78, 5) is 44.6. The van der Waals surface area contributed by atoms with Crippen LogP contribution in [0.1, 0.15) is 6.23 Å². The van der Waals surface area contributed by atoms with Gasteiger partial charge in [-0.3, -0.25) is 23.4 Å². The third-order valence-corrected chi connectivity index (χ3v) is 7.85. The molecule has 206 valence electrons. The van der Waals surface area contributed by atoms with Crippen molar-refractivity contribution in [1.82, 2.24) is 9.55 Å². The molecule has 0 aliphatic carbocycles. The molecule has 3 rings (SSSR count). The predicted molar refractivity (Wildman–Crippen MR) is 111 cm³/mol. The fourth-order valence-corrected chi connectivity index (χ4v) is 5.56. The molecule has 1 aromatic heterocycles. The molecule has 19 nitrogen and oxygen atoms in total. The van der Waals surface area contributed by atoms with Gasteiger partial charge in [0.05, 0.1) is 19.3 Å². The maximum atomic E-state index is 12.2. The number of nitrogens with two attached hydrogens (primary N) is 1. The zero-order valence-corrected chi connectivity index (χ0v) is 19.8. The van der Waals surface area contributed by atoms with E-state index in [4.69, 9.17) is 15.2 Å². The van der Waals surface area contributed by atoms with Crippen molar-refractivity contribution in [1.29, 1.82) is 0 Å². The van der Waals surface area contributed by atoms with E-state index in [0.29, 0.717) is 0 Å². The van der Waals surface area contributed by atoms with Gasteiger partial charge in [0.2, 0.25) is 0 Å². The molecular weight excluding hydrogens is 540 g/mol. The summed E-state index contributed by atoms with van der Waals surface area (Å²) in [6.07, 6.45) is -12.6. The number of aliphatic hydroxyl groups excluding tert-OH is 5. The topological polar surface area (TPSA) is 303 Å². The number of nitrogens with one attached hydrogen (secondary N) is 1. The number of nitrogens with zero attached hydrogens (tertiary/aromatic N) is 1. The molecule has 1 aromatic rings. The highest BCUT2D eigenvalue weighted by Gasteiger charge is 2.49. The van der Waals surface area contributed by atoms with Gasteiger partial charge in [-0.25, -0.2) is 13.9 Å². The van der Waals surface area contributed by atoms with E-state index in [-0.39, 0.29) is 0 Å². The standard InChI is InChI=1S/C15H25N3O16P2/c16-8-9(21)5(3-19)32-14(11(8)23)33-36(28,29)34-35(26,27)30-4-6-10(22)12(24)13(31-6)18-2-1-7(20)17-15(18)25/h1-2,5-6,8-14,19,21-24H,3-4,16H2,(H,26,27)(H,28,29)(H,17,20,25). The predicted octanol–water partition coefficient (Wildman–Crippen LogP) is -4.83. The van der Waals surface area contributed by atoms with Gasteiger partial charge in [0.15, 0.2) is 12.5 Å². The molecule has 0 saturated carbocycles. The Hall–Kier alpha value is -1.38. The van der Waals surface area contributed by atoms with E-state index in [2.05, 4.69) is 13.4 Å². The SMILES string of the molecule is NC1C(O)C(CO)OC(OP(=O)(O)OP(=O)(O)OCC2OC(n3ccc(=O)[nH]c3=O)C(O)C2O)C1O. The molecule has 0 aromatic carbocycles. The quantitative estimate of drug-likeness (QED) is 0.127. The number of aromatic nitrogens is 2. The van der Waals surface area contributed by atoms with Crippen LogP contribution in [0.3, 0.4) is 0 Å². The normalized spacial score (nSPS) is 38.4. The molecule has 21 heteroatoms. The average Bonchev–Trinajstić information content (AvgIpc) is 3.06. The number of phosphoric ester groups is 2. The van der Waals surface area contributed by atoms with Gasteiger partial charge in [-0.05, 0) is 0 Å². The van der Waals surface area contributed by atoms with Crippen LogP contribution in [0.15, 0.2) is 21.9 Å². The Kier molecular flexibility index (Phi) is 9.05.